The standard InChI is InChI=1S/C31H29ClN4O4/c1-35(2)22-16-12-19(13-17-22)26-18-25(34-36(26)27(37)8-5-9-28(38)39)30-29(20-10-14-21(32)15-11-20)23-6-3-4-7-24(23)33-31(30)40/h3-4,6-7,10-17,26H,5,8-9,18H2,1-2H3,(H,33,40)(H,38,39). The highest BCUT2D eigenvalue weighted by molar-refractivity contribution is 6.30. The van der Waals surface area contributed by atoms with Gasteiger partial charge in [0.2, 0.25) is 5.91 Å². The number of hydrogen-bond acceptors (Lipinski definition) is 5. The fraction of sp³-hybridized carbons (Fsp3) is 0.226. The lowest BCUT2D eigenvalue weighted by molar-refractivity contribution is -0.137. The molecule has 2 N–H and O–H groups in total. The number of hydrazone groups is 1. The SMILES string of the molecule is CN(C)c1ccc(C2CC(c3c(-c4ccc(Cl)cc4)c4ccccc4[nH]c3=O)=NN2C(=O)CCCC(=O)O)cc1. The number of aliphatic carboxylic acids is 1. The first-order valence-corrected chi connectivity index (χ1v) is 13.4. The van der Waals surface area contributed by atoms with Crippen molar-refractivity contribution in [3.63, 3.8) is 0 Å². The summed E-state index contributed by atoms with van der Waals surface area (Å²) in [6.07, 6.45) is 0.458. The van der Waals surface area contributed by atoms with Gasteiger partial charge in [0.05, 0.1) is 17.3 Å². The Bertz CT molecular complexity index is 1660. The van der Waals surface area contributed by atoms with Gasteiger partial charge in [0.15, 0.2) is 0 Å². The van der Waals surface area contributed by atoms with Crippen molar-refractivity contribution in [1.82, 2.24) is 9.99 Å². The molecule has 1 amide bonds. The van der Waals surface area contributed by atoms with Gasteiger partial charge in [-0.05, 0) is 47.9 Å². The maximum absolute atomic E-state index is 13.6. The van der Waals surface area contributed by atoms with Crippen LogP contribution in [0.3, 0.4) is 0 Å². The number of anilines is 1. The van der Waals surface area contributed by atoms with Crippen LogP contribution in [-0.2, 0) is 9.59 Å². The summed E-state index contributed by atoms with van der Waals surface area (Å²) < 4.78 is 0. The van der Waals surface area contributed by atoms with Crippen molar-refractivity contribution in [2.75, 3.05) is 19.0 Å². The third-order valence-corrected chi connectivity index (χ3v) is 7.34. The molecular weight excluding hydrogens is 528 g/mol. The van der Waals surface area contributed by atoms with Crippen molar-refractivity contribution >= 4 is 45.8 Å². The Kier molecular flexibility index (Phi) is 7.71. The summed E-state index contributed by atoms with van der Waals surface area (Å²) in [5.74, 6) is -1.24. The minimum Gasteiger partial charge on any atom is -0.481 e. The van der Waals surface area contributed by atoms with Crippen molar-refractivity contribution in [3.05, 3.63) is 99.3 Å². The number of rotatable bonds is 8. The van der Waals surface area contributed by atoms with E-state index in [0.717, 1.165) is 27.8 Å². The number of aromatic nitrogens is 1. The van der Waals surface area contributed by atoms with E-state index >= 15 is 0 Å². The number of aromatic amines is 1. The Morgan fingerprint density at radius 1 is 1.00 bits per heavy atom. The van der Waals surface area contributed by atoms with Gasteiger partial charge >= 0.3 is 5.97 Å². The highest BCUT2D eigenvalue weighted by Gasteiger charge is 2.35. The smallest absolute Gasteiger partial charge is 0.303 e. The van der Waals surface area contributed by atoms with Gasteiger partial charge in [-0.3, -0.25) is 14.4 Å². The highest BCUT2D eigenvalue weighted by Crippen LogP contribution is 2.38. The lowest BCUT2D eigenvalue weighted by Gasteiger charge is -2.23. The maximum Gasteiger partial charge on any atom is 0.303 e. The van der Waals surface area contributed by atoms with E-state index in [4.69, 9.17) is 21.8 Å². The first kappa shape index (κ1) is 27.1. The van der Waals surface area contributed by atoms with Crippen molar-refractivity contribution in [2.45, 2.75) is 31.7 Å². The van der Waals surface area contributed by atoms with Crippen LogP contribution in [0, 0.1) is 0 Å². The number of para-hydroxylation sites is 1. The topological polar surface area (TPSA) is 106 Å². The predicted molar refractivity (Wildman–Crippen MR) is 158 cm³/mol. The van der Waals surface area contributed by atoms with E-state index in [2.05, 4.69) is 4.98 Å². The number of amides is 1. The second-order valence-electron chi connectivity index (χ2n) is 9.99. The molecule has 1 aliphatic heterocycles. The van der Waals surface area contributed by atoms with Gasteiger partial charge < -0.3 is 15.0 Å². The number of benzene rings is 3. The number of nitrogens with one attached hydrogen (secondary N) is 1. The molecule has 1 atom stereocenters. The van der Waals surface area contributed by atoms with Gasteiger partial charge in [-0.15, -0.1) is 0 Å². The largest absolute Gasteiger partial charge is 0.481 e. The fourth-order valence-electron chi connectivity index (χ4n) is 5.09. The number of halogens is 1. The van der Waals surface area contributed by atoms with Crippen LogP contribution in [0.1, 0.15) is 42.9 Å². The highest BCUT2D eigenvalue weighted by atomic mass is 35.5. The summed E-state index contributed by atoms with van der Waals surface area (Å²) in [4.78, 5) is 43.0. The molecule has 204 valence electrons. The van der Waals surface area contributed by atoms with E-state index in [0.29, 0.717) is 28.2 Å². The first-order valence-electron chi connectivity index (χ1n) is 13.0. The Balaban J connectivity index is 1.63. The van der Waals surface area contributed by atoms with Crippen LogP contribution in [0.4, 0.5) is 5.69 Å². The molecule has 0 fully saturated rings. The molecule has 4 aromatic rings. The van der Waals surface area contributed by atoms with Crippen LogP contribution in [0.25, 0.3) is 22.0 Å². The monoisotopic (exact) mass is 556 g/mol. The zero-order valence-corrected chi connectivity index (χ0v) is 23.0. The summed E-state index contributed by atoms with van der Waals surface area (Å²) >= 11 is 6.17. The minimum atomic E-state index is -0.954. The number of carbonyl (C=O) groups is 2. The molecular formula is C31H29ClN4O4. The summed E-state index contributed by atoms with van der Waals surface area (Å²) in [6, 6.07) is 22.3. The molecule has 0 spiro atoms. The number of carboxylic acid groups (broad SMARTS) is 1. The van der Waals surface area contributed by atoms with Crippen LogP contribution in [-0.4, -0.2) is 46.8 Å². The second-order valence-corrected chi connectivity index (χ2v) is 10.4. The van der Waals surface area contributed by atoms with Crippen LogP contribution < -0.4 is 10.5 Å². The molecule has 8 nitrogen and oxygen atoms in total. The van der Waals surface area contributed by atoms with Gasteiger partial charge in [-0.25, -0.2) is 5.01 Å². The van der Waals surface area contributed by atoms with Gasteiger partial charge in [-0.2, -0.15) is 5.10 Å². The van der Waals surface area contributed by atoms with E-state index in [1.54, 1.807) is 12.1 Å². The van der Waals surface area contributed by atoms with E-state index in [1.807, 2.05) is 79.7 Å². The lowest BCUT2D eigenvalue weighted by atomic mass is 9.91. The molecule has 2 heterocycles. The van der Waals surface area contributed by atoms with E-state index in [-0.39, 0.29) is 30.7 Å². The second kappa shape index (κ2) is 11.4. The van der Waals surface area contributed by atoms with Crippen LogP contribution in [0.15, 0.2) is 82.7 Å². The summed E-state index contributed by atoms with van der Waals surface area (Å²) in [5.41, 5.74) is 4.70. The molecule has 40 heavy (non-hydrogen) atoms. The van der Waals surface area contributed by atoms with Crippen LogP contribution in [0.2, 0.25) is 5.02 Å². The van der Waals surface area contributed by atoms with Crippen molar-refractivity contribution in [1.29, 1.82) is 0 Å². The van der Waals surface area contributed by atoms with Gasteiger partial charge in [0.1, 0.15) is 0 Å². The average molecular weight is 557 g/mol. The summed E-state index contributed by atoms with van der Waals surface area (Å²) in [7, 11) is 3.91. The number of pyridine rings is 1. The van der Waals surface area contributed by atoms with Gasteiger partial charge in [0.25, 0.3) is 5.56 Å². The lowest BCUT2D eigenvalue weighted by Crippen LogP contribution is -2.27. The minimum absolute atomic E-state index is 0.0352. The molecule has 1 aliphatic rings. The molecule has 0 saturated carbocycles. The molecule has 0 radical (unpaired) electrons. The molecule has 1 unspecified atom stereocenters. The quantitative estimate of drug-likeness (QED) is 0.283. The molecule has 0 aliphatic carbocycles. The Labute approximate surface area is 236 Å². The molecule has 3 aromatic carbocycles. The fourth-order valence-corrected chi connectivity index (χ4v) is 5.21. The maximum atomic E-state index is 13.6. The van der Waals surface area contributed by atoms with Crippen molar-refractivity contribution in [2.24, 2.45) is 5.10 Å². The first-order chi connectivity index (χ1) is 19.2. The predicted octanol–water partition coefficient (Wildman–Crippen LogP) is 5.85. The number of nitrogens with zero attached hydrogens (tertiary/aromatic N) is 3. The summed E-state index contributed by atoms with van der Waals surface area (Å²) in [5, 5.41) is 16.6. The van der Waals surface area contributed by atoms with Crippen LogP contribution >= 0.6 is 11.6 Å². The average Bonchev–Trinajstić information content (AvgIpc) is 3.38. The molecule has 9 heteroatoms. The zero-order chi connectivity index (χ0) is 28.4. The molecule has 1 aromatic heterocycles. The molecule has 0 bridgehead atoms. The Morgan fingerprint density at radius 3 is 2.38 bits per heavy atom. The number of H-pyrrole nitrogens is 1. The summed E-state index contributed by atoms with van der Waals surface area (Å²) in [6.45, 7) is 0. The van der Waals surface area contributed by atoms with Crippen LogP contribution in [0.5, 0.6) is 0 Å². The number of carbonyl (C=O) groups excluding carboxylic acids is 1. The Morgan fingerprint density at radius 2 is 1.70 bits per heavy atom. The zero-order valence-electron chi connectivity index (χ0n) is 22.2. The van der Waals surface area contributed by atoms with E-state index in [1.165, 1.54) is 5.01 Å². The third-order valence-electron chi connectivity index (χ3n) is 7.08. The number of carboxylic acids is 1. The normalized spacial score (nSPS) is 14.8. The van der Waals surface area contributed by atoms with E-state index in [9.17, 15) is 14.4 Å². The molecule has 5 rings (SSSR count). The van der Waals surface area contributed by atoms with Gasteiger partial charge in [0, 0.05) is 60.5 Å². The number of fused-ring (bicyclic) bond motifs is 1. The van der Waals surface area contributed by atoms with Crippen molar-refractivity contribution < 1.29 is 14.7 Å². The van der Waals surface area contributed by atoms with Gasteiger partial charge in [-0.1, -0.05) is 54.1 Å². The number of hydrogen-bond donors (Lipinski definition) is 2. The van der Waals surface area contributed by atoms with E-state index < -0.39 is 12.0 Å². The Hall–Kier alpha value is -4.43. The van der Waals surface area contributed by atoms with Crippen molar-refractivity contribution in [3.8, 4) is 11.1 Å². The third kappa shape index (κ3) is 5.49. The molecule has 0 saturated heterocycles.